The lowest BCUT2D eigenvalue weighted by Gasteiger charge is -2.16. The Balaban J connectivity index is 1.35. The van der Waals surface area contributed by atoms with Crippen LogP contribution in [0.1, 0.15) is 33.1 Å². The smallest absolute Gasteiger partial charge is 0.263 e. The summed E-state index contributed by atoms with van der Waals surface area (Å²) in [7, 11) is 0. The normalized spacial score (nSPS) is 19.2. The number of nitrogens with zero attached hydrogens (tertiary/aromatic N) is 1. The van der Waals surface area contributed by atoms with Crippen LogP contribution in [0.15, 0.2) is 48.5 Å². The molecule has 0 N–H and O–H groups in total. The van der Waals surface area contributed by atoms with Gasteiger partial charge in [-0.2, -0.15) is 0 Å². The summed E-state index contributed by atoms with van der Waals surface area (Å²) in [4.78, 5) is 15.8. The highest BCUT2D eigenvalue weighted by atomic mass is 32.1. The molecule has 2 aliphatic rings. The maximum Gasteiger partial charge on any atom is 0.263 e. The Morgan fingerprint density at radius 3 is 3.00 bits per heavy atom. The van der Waals surface area contributed by atoms with Gasteiger partial charge in [-0.3, -0.25) is 4.79 Å². The molecule has 3 aromatic rings. The van der Waals surface area contributed by atoms with E-state index in [1.807, 2.05) is 23.1 Å². The van der Waals surface area contributed by atoms with Crippen LogP contribution in [0.4, 0.5) is 0 Å². The van der Waals surface area contributed by atoms with Gasteiger partial charge in [0.2, 0.25) is 0 Å². The van der Waals surface area contributed by atoms with E-state index in [0.29, 0.717) is 5.92 Å². The number of hydrogen-bond donors (Lipinski definition) is 0. The second-order valence-corrected chi connectivity index (χ2v) is 7.93. The van der Waals surface area contributed by atoms with Crippen molar-refractivity contribution in [1.29, 1.82) is 0 Å². The number of amides is 1. The van der Waals surface area contributed by atoms with Gasteiger partial charge in [-0.1, -0.05) is 30.3 Å². The van der Waals surface area contributed by atoms with Gasteiger partial charge >= 0.3 is 0 Å². The summed E-state index contributed by atoms with van der Waals surface area (Å²) in [5, 5.41) is 1.16. The molecule has 2 aliphatic heterocycles. The third-order valence-electron chi connectivity index (χ3n) is 5.30. The van der Waals surface area contributed by atoms with Crippen LogP contribution in [0.25, 0.3) is 10.1 Å². The Hall–Kier alpha value is -2.33. The minimum atomic E-state index is 0.174. The van der Waals surface area contributed by atoms with Crippen LogP contribution in [0.5, 0.6) is 5.75 Å². The molecular formula is C21H19NO2S. The molecule has 0 spiro atoms. The van der Waals surface area contributed by atoms with Crippen molar-refractivity contribution >= 4 is 27.3 Å². The van der Waals surface area contributed by atoms with Crippen molar-refractivity contribution in [3.8, 4) is 5.75 Å². The average Bonchev–Trinajstić information content (AvgIpc) is 3.38. The van der Waals surface area contributed by atoms with E-state index in [0.717, 1.165) is 48.6 Å². The van der Waals surface area contributed by atoms with Gasteiger partial charge in [0.05, 0.1) is 11.5 Å². The SMILES string of the molecule is O=C(c1cc2ccccc2s1)N1CC[C@@H](c2ccc3c(c2)CCO3)C1. The van der Waals surface area contributed by atoms with Gasteiger partial charge in [0, 0.05) is 30.1 Å². The number of carbonyl (C=O) groups excluding carboxylic acids is 1. The van der Waals surface area contributed by atoms with Crippen LogP contribution in [0.2, 0.25) is 0 Å². The van der Waals surface area contributed by atoms with E-state index < -0.39 is 0 Å². The van der Waals surface area contributed by atoms with E-state index in [2.05, 4.69) is 30.3 Å². The van der Waals surface area contributed by atoms with Gasteiger partial charge in [0.25, 0.3) is 5.91 Å². The summed E-state index contributed by atoms with van der Waals surface area (Å²) in [6, 6.07) is 16.8. The summed E-state index contributed by atoms with van der Waals surface area (Å²) >= 11 is 1.60. The molecule has 1 fully saturated rings. The molecule has 1 amide bonds. The van der Waals surface area contributed by atoms with E-state index in [-0.39, 0.29) is 5.91 Å². The molecule has 0 aliphatic carbocycles. The molecule has 0 saturated carbocycles. The van der Waals surface area contributed by atoms with Gasteiger partial charge in [0.1, 0.15) is 5.75 Å². The lowest BCUT2D eigenvalue weighted by Crippen LogP contribution is -2.27. The fraction of sp³-hybridized carbons (Fsp3) is 0.286. The first-order valence-corrected chi connectivity index (χ1v) is 9.63. The molecule has 2 aromatic carbocycles. The highest BCUT2D eigenvalue weighted by Crippen LogP contribution is 2.34. The topological polar surface area (TPSA) is 29.5 Å². The highest BCUT2D eigenvalue weighted by Gasteiger charge is 2.29. The number of ether oxygens (including phenoxy) is 1. The largest absolute Gasteiger partial charge is 0.493 e. The van der Waals surface area contributed by atoms with Gasteiger partial charge in [-0.25, -0.2) is 0 Å². The van der Waals surface area contributed by atoms with Crippen molar-refractivity contribution in [2.75, 3.05) is 19.7 Å². The molecule has 3 nitrogen and oxygen atoms in total. The van der Waals surface area contributed by atoms with Crippen LogP contribution in [0, 0.1) is 0 Å². The van der Waals surface area contributed by atoms with E-state index in [9.17, 15) is 4.79 Å². The van der Waals surface area contributed by atoms with Crippen LogP contribution in [-0.4, -0.2) is 30.5 Å². The lowest BCUT2D eigenvalue weighted by molar-refractivity contribution is 0.0795. The second-order valence-electron chi connectivity index (χ2n) is 6.85. The monoisotopic (exact) mass is 349 g/mol. The maximum atomic E-state index is 12.9. The molecule has 4 heteroatoms. The first-order chi connectivity index (χ1) is 12.3. The van der Waals surface area contributed by atoms with Crippen LogP contribution in [-0.2, 0) is 6.42 Å². The van der Waals surface area contributed by atoms with E-state index >= 15 is 0 Å². The van der Waals surface area contributed by atoms with Crippen LogP contribution in [0.3, 0.4) is 0 Å². The zero-order valence-electron chi connectivity index (χ0n) is 13.9. The minimum absolute atomic E-state index is 0.174. The number of hydrogen-bond acceptors (Lipinski definition) is 3. The number of rotatable bonds is 2. The number of benzene rings is 2. The van der Waals surface area contributed by atoms with Crippen molar-refractivity contribution in [2.45, 2.75) is 18.8 Å². The third-order valence-corrected chi connectivity index (χ3v) is 6.40. The lowest BCUT2D eigenvalue weighted by atomic mass is 9.96. The van der Waals surface area contributed by atoms with Crippen LogP contribution >= 0.6 is 11.3 Å². The molecule has 5 rings (SSSR count). The van der Waals surface area contributed by atoms with Crippen molar-refractivity contribution in [3.05, 3.63) is 64.5 Å². The minimum Gasteiger partial charge on any atom is -0.493 e. The van der Waals surface area contributed by atoms with Gasteiger partial charge in [-0.05, 0) is 41.1 Å². The molecule has 1 atom stereocenters. The fourth-order valence-electron chi connectivity index (χ4n) is 3.92. The molecule has 0 bridgehead atoms. The maximum absolute atomic E-state index is 12.9. The Bertz CT molecular complexity index is 928. The second kappa shape index (κ2) is 5.88. The fourth-order valence-corrected chi connectivity index (χ4v) is 4.95. The molecule has 0 unspecified atom stereocenters. The van der Waals surface area contributed by atoms with Crippen molar-refractivity contribution in [1.82, 2.24) is 4.90 Å². The molecule has 0 radical (unpaired) electrons. The summed E-state index contributed by atoms with van der Waals surface area (Å²) in [5.41, 5.74) is 2.66. The van der Waals surface area contributed by atoms with Crippen molar-refractivity contribution in [3.63, 3.8) is 0 Å². The molecular weight excluding hydrogens is 330 g/mol. The summed E-state index contributed by atoms with van der Waals surface area (Å²) in [5.74, 6) is 1.64. The van der Waals surface area contributed by atoms with Crippen molar-refractivity contribution in [2.24, 2.45) is 0 Å². The number of likely N-dealkylation sites (tertiary alicyclic amines) is 1. The molecule has 25 heavy (non-hydrogen) atoms. The van der Waals surface area contributed by atoms with Gasteiger partial charge in [-0.15, -0.1) is 11.3 Å². The molecule has 3 heterocycles. The summed E-state index contributed by atoms with van der Waals surface area (Å²) < 4.78 is 6.78. The van der Waals surface area contributed by atoms with Gasteiger partial charge < -0.3 is 9.64 Å². The van der Waals surface area contributed by atoms with Crippen molar-refractivity contribution < 1.29 is 9.53 Å². The Labute approximate surface area is 150 Å². The summed E-state index contributed by atoms with van der Waals surface area (Å²) in [6.07, 6.45) is 2.04. The zero-order chi connectivity index (χ0) is 16.8. The molecule has 126 valence electrons. The predicted octanol–water partition coefficient (Wildman–Crippen LogP) is 4.47. The Kier molecular flexibility index (Phi) is 3.52. The third kappa shape index (κ3) is 2.61. The van der Waals surface area contributed by atoms with E-state index in [4.69, 9.17) is 4.74 Å². The number of thiophene rings is 1. The first kappa shape index (κ1) is 15.0. The zero-order valence-corrected chi connectivity index (χ0v) is 14.7. The molecule has 1 saturated heterocycles. The Morgan fingerprint density at radius 1 is 1.16 bits per heavy atom. The van der Waals surface area contributed by atoms with Crippen LogP contribution < -0.4 is 4.74 Å². The highest BCUT2D eigenvalue weighted by molar-refractivity contribution is 7.20. The predicted molar refractivity (Wildman–Crippen MR) is 101 cm³/mol. The number of fused-ring (bicyclic) bond motifs is 2. The quantitative estimate of drug-likeness (QED) is 0.683. The Morgan fingerprint density at radius 2 is 2.08 bits per heavy atom. The first-order valence-electron chi connectivity index (χ1n) is 8.81. The van der Waals surface area contributed by atoms with Gasteiger partial charge in [0.15, 0.2) is 0 Å². The van der Waals surface area contributed by atoms with E-state index in [1.165, 1.54) is 15.8 Å². The summed E-state index contributed by atoms with van der Waals surface area (Å²) in [6.45, 7) is 2.44. The van der Waals surface area contributed by atoms with E-state index in [1.54, 1.807) is 11.3 Å². The molecule has 1 aromatic heterocycles. The standard InChI is InChI=1S/C21H19NO2S/c23-21(20-12-16-3-1-2-4-19(16)25-20)22-9-7-17(13-22)14-5-6-18-15(11-14)8-10-24-18/h1-6,11-12,17H,7-10,13H2/t17-/m1/s1. The number of carbonyl (C=O) groups is 1. The average molecular weight is 349 g/mol.